The molecule has 0 fully saturated rings. The third-order valence-corrected chi connectivity index (χ3v) is 3.15. The third kappa shape index (κ3) is 3.13. The number of nitrogens with two attached hydrogens (primary N) is 1. The maximum absolute atomic E-state index is 12.3. The largest absolute Gasteiger partial charge is 0.481 e. The minimum absolute atomic E-state index is 0.245. The van der Waals surface area contributed by atoms with Crippen LogP contribution in [0.15, 0.2) is 18.3 Å². The second kappa shape index (κ2) is 6.25. The highest BCUT2D eigenvalue weighted by molar-refractivity contribution is 5.97. The molecule has 21 heavy (non-hydrogen) atoms. The highest BCUT2D eigenvalue weighted by Gasteiger charge is 2.18. The first-order valence-electron chi connectivity index (χ1n) is 6.66. The number of aryl methyl sites for hydroxylation is 2. The number of nitrogens with one attached hydrogen (secondary N) is 1. The molecule has 0 aliphatic carbocycles. The fourth-order valence-electron chi connectivity index (χ4n) is 1.97. The first-order chi connectivity index (χ1) is 10.1. The molecule has 2 rings (SSSR count). The summed E-state index contributed by atoms with van der Waals surface area (Å²) in [5.41, 5.74) is 8.27. The standard InChI is InChI=1S/C14H19N5O2/c1-4-19-13(12(15)9(2)18-19)14(20)17-8-10-5-6-11(21-3)16-7-10/h5-7H,4,8,15H2,1-3H3,(H,17,20). The van der Waals surface area contributed by atoms with Gasteiger partial charge in [0.2, 0.25) is 5.88 Å². The van der Waals surface area contributed by atoms with Gasteiger partial charge in [0.15, 0.2) is 0 Å². The Bertz CT molecular complexity index is 634. The Labute approximate surface area is 123 Å². The van der Waals surface area contributed by atoms with Crippen molar-refractivity contribution in [3.05, 3.63) is 35.3 Å². The van der Waals surface area contributed by atoms with Crippen molar-refractivity contribution in [3.8, 4) is 5.88 Å². The summed E-state index contributed by atoms with van der Waals surface area (Å²) in [6.07, 6.45) is 1.66. The molecule has 0 aromatic carbocycles. The summed E-state index contributed by atoms with van der Waals surface area (Å²) in [7, 11) is 1.56. The zero-order chi connectivity index (χ0) is 15.4. The fraction of sp³-hybridized carbons (Fsp3) is 0.357. The molecule has 112 valence electrons. The van der Waals surface area contributed by atoms with E-state index in [1.165, 1.54) is 0 Å². The van der Waals surface area contributed by atoms with E-state index in [-0.39, 0.29) is 5.91 Å². The predicted molar refractivity (Wildman–Crippen MR) is 79.0 cm³/mol. The molecule has 0 aliphatic rings. The maximum atomic E-state index is 12.3. The van der Waals surface area contributed by atoms with Crippen LogP contribution in [0.5, 0.6) is 5.88 Å². The second-order valence-electron chi connectivity index (χ2n) is 4.55. The van der Waals surface area contributed by atoms with Crippen LogP contribution in [0.25, 0.3) is 0 Å². The number of hydrogen-bond donors (Lipinski definition) is 2. The van der Waals surface area contributed by atoms with Gasteiger partial charge in [0.1, 0.15) is 5.69 Å². The van der Waals surface area contributed by atoms with Crippen LogP contribution in [0.3, 0.4) is 0 Å². The van der Waals surface area contributed by atoms with E-state index < -0.39 is 0 Å². The van der Waals surface area contributed by atoms with Gasteiger partial charge in [-0.25, -0.2) is 4.98 Å². The van der Waals surface area contributed by atoms with Gasteiger partial charge in [0.05, 0.1) is 18.5 Å². The molecule has 0 bridgehead atoms. The lowest BCUT2D eigenvalue weighted by molar-refractivity contribution is 0.0941. The number of aromatic nitrogens is 3. The molecule has 0 radical (unpaired) electrons. The second-order valence-corrected chi connectivity index (χ2v) is 4.55. The number of pyridine rings is 1. The molecule has 0 spiro atoms. The van der Waals surface area contributed by atoms with E-state index in [1.54, 1.807) is 31.0 Å². The lowest BCUT2D eigenvalue weighted by Crippen LogP contribution is -2.26. The molecular weight excluding hydrogens is 270 g/mol. The van der Waals surface area contributed by atoms with Crippen molar-refractivity contribution in [3.63, 3.8) is 0 Å². The molecule has 2 heterocycles. The third-order valence-electron chi connectivity index (χ3n) is 3.15. The molecule has 7 nitrogen and oxygen atoms in total. The number of rotatable bonds is 5. The Morgan fingerprint density at radius 3 is 2.81 bits per heavy atom. The Morgan fingerprint density at radius 1 is 1.48 bits per heavy atom. The van der Waals surface area contributed by atoms with Gasteiger partial charge in [-0.3, -0.25) is 9.48 Å². The number of nitrogen functional groups attached to an aromatic ring is 1. The van der Waals surface area contributed by atoms with E-state index in [0.717, 1.165) is 5.56 Å². The van der Waals surface area contributed by atoms with Crippen LogP contribution < -0.4 is 15.8 Å². The lowest BCUT2D eigenvalue weighted by Gasteiger charge is -2.08. The van der Waals surface area contributed by atoms with Crippen molar-refractivity contribution in [2.24, 2.45) is 0 Å². The number of anilines is 1. The van der Waals surface area contributed by atoms with Gasteiger partial charge in [0.25, 0.3) is 5.91 Å². The summed E-state index contributed by atoms with van der Waals surface area (Å²) in [5.74, 6) is 0.291. The Hall–Kier alpha value is -2.57. The number of methoxy groups -OCH3 is 1. The van der Waals surface area contributed by atoms with Gasteiger partial charge in [-0.1, -0.05) is 6.07 Å². The van der Waals surface area contributed by atoms with Gasteiger partial charge < -0.3 is 15.8 Å². The van der Waals surface area contributed by atoms with E-state index in [9.17, 15) is 4.79 Å². The molecule has 0 aliphatic heterocycles. The summed E-state index contributed by atoms with van der Waals surface area (Å²) in [4.78, 5) is 16.3. The fourth-order valence-corrected chi connectivity index (χ4v) is 1.97. The number of nitrogens with zero attached hydrogens (tertiary/aromatic N) is 3. The maximum Gasteiger partial charge on any atom is 0.271 e. The Kier molecular flexibility index (Phi) is 4.42. The molecule has 2 aromatic rings. The monoisotopic (exact) mass is 289 g/mol. The molecule has 3 N–H and O–H groups in total. The van der Waals surface area contributed by atoms with Gasteiger partial charge in [-0.15, -0.1) is 0 Å². The van der Waals surface area contributed by atoms with E-state index in [0.29, 0.717) is 36.0 Å². The topological polar surface area (TPSA) is 95.1 Å². The lowest BCUT2D eigenvalue weighted by atomic mass is 10.2. The van der Waals surface area contributed by atoms with Crippen molar-refractivity contribution in [1.29, 1.82) is 0 Å². The van der Waals surface area contributed by atoms with Crippen LogP contribution in [0, 0.1) is 6.92 Å². The Balaban J connectivity index is 2.07. The van der Waals surface area contributed by atoms with Crippen LogP contribution in [0.2, 0.25) is 0 Å². The normalized spacial score (nSPS) is 10.4. The zero-order valence-corrected chi connectivity index (χ0v) is 12.4. The minimum Gasteiger partial charge on any atom is -0.481 e. The predicted octanol–water partition coefficient (Wildman–Crippen LogP) is 1.13. The molecule has 0 saturated heterocycles. The quantitative estimate of drug-likeness (QED) is 0.860. The summed E-state index contributed by atoms with van der Waals surface area (Å²) < 4.78 is 6.59. The molecule has 0 saturated carbocycles. The highest BCUT2D eigenvalue weighted by atomic mass is 16.5. The average molecular weight is 289 g/mol. The van der Waals surface area contributed by atoms with Crippen LogP contribution in [-0.2, 0) is 13.1 Å². The van der Waals surface area contributed by atoms with Gasteiger partial charge >= 0.3 is 0 Å². The first-order valence-corrected chi connectivity index (χ1v) is 6.66. The minimum atomic E-state index is -0.245. The van der Waals surface area contributed by atoms with E-state index in [2.05, 4.69) is 15.4 Å². The van der Waals surface area contributed by atoms with Crippen LogP contribution >= 0.6 is 0 Å². The number of hydrogen-bond acceptors (Lipinski definition) is 5. The molecule has 0 atom stereocenters. The van der Waals surface area contributed by atoms with Crippen LogP contribution in [0.1, 0.15) is 28.7 Å². The van der Waals surface area contributed by atoms with Crippen LogP contribution in [-0.4, -0.2) is 27.8 Å². The van der Waals surface area contributed by atoms with Gasteiger partial charge in [0, 0.05) is 25.4 Å². The summed E-state index contributed by atoms with van der Waals surface area (Å²) in [6, 6.07) is 3.59. The smallest absolute Gasteiger partial charge is 0.271 e. The SMILES string of the molecule is CCn1nc(C)c(N)c1C(=O)NCc1ccc(OC)nc1. The van der Waals surface area contributed by atoms with E-state index >= 15 is 0 Å². The molecule has 7 heteroatoms. The Morgan fingerprint density at radius 2 is 2.24 bits per heavy atom. The molecule has 0 unspecified atom stereocenters. The number of amides is 1. The summed E-state index contributed by atoms with van der Waals surface area (Å²) >= 11 is 0. The van der Waals surface area contributed by atoms with Crippen molar-refractivity contribution >= 4 is 11.6 Å². The zero-order valence-electron chi connectivity index (χ0n) is 12.4. The van der Waals surface area contributed by atoms with E-state index in [1.807, 2.05) is 13.0 Å². The van der Waals surface area contributed by atoms with Gasteiger partial charge in [-0.05, 0) is 19.4 Å². The molecule has 2 aromatic heterocycles. The number of ether oxygens (including phenoxy) is 1. The highest BCUT2D eigenvalue weighted by Crippen LogP contribution is 2.16. The summed E-state index contributed by atoms with van der Waals surface area (Å²) in [6.45, 7) is 4.65. The van der Waals surface area contributed by atoms with Crippen molar-refractivity contribution in [2.45, 2.75) is 26.9 Å². The van der Waals surface area contributed by atoms with Crippen molar-refractivity contribution < 1.29 is 9.53 Å². The average Bonchev–Trinajstić information content (AvgIpc) is 2.80. The van der Waals surface area contributed by atoms with Gasteiger partial charge in [-0.2, -0.15) is 5.10 Å². The first kappa shape index (κ1) is 14.8. The number of carbonyl (C=O) groups excluding carboxylic acids is 1. The van der Waals surface area contributed by atoms with Crippen molar-refractivity contribution in [1.82, 2.24) is 20.1 Å². The summed E-state index contributed by atoms with van der Waals surface area (Å²) in [5, 5.41) is 7.05. The van der Waals surface area contributed by atoms with Crippen LogP contribution in [0.4, 0.5) is 5.69 Å². The van der Waals surface area contributed by atoms with E-state index in [4.69, 9.17) is 10.5 Å². The van der Waals surface area contributed by atoms with Crippen molar-refractivity contribution in [2.75, 3.05) is 12.8 Å². The molecular formula is C14H19N5O2. The number of carbonyl (C=O) groups is 1. The molecule has 1 amide bonds.